The number of benzene rings is 2. The number of hydrogen-bond donors (Lipinski definition) is 0. The molecule has 2 rings (SSSR count). The van der Waals surface area contributed by atoms with Crippen molar-refractivity contribution in [2.24, 2.45) is 0 Å². The molecule has 18 heavy (non-hydrogen) atoms. The first-order valence-corrected chi connectivity index (χ1v) is 7.73. The van der Waals surface area contributed by atoms with Gasteiger partial charge in [-0.15, -0.1) is 0 Å². The maximum Gasteiger partial charge on any atom is 0.339 e. The van der Waals surface area contributed by atoms with Gasteiger partial charge in [0.05, 0.1) is 3.57 Å². The second-order valence-electron chi connectivity index (χ2n) is 3.78. The van der Waals surface area contributed by atoms with E-state index in [0.29, 0.717) is 5.75 Å². The van der Waals surface area contributed by atoms with Gasteiger partial charge >= 0.3 is 10.1 Å². The van der Waals surface area contributed by atoms with E-state index in [2.05, 4.69) is 0 Å². The Kier molecular flexibility index (Phi) is 3.91. The van der Waals surface area contributed by atoms with Crippen LogP contribution in [0.3, 0.4) is 0 Å². The first-order valence-electron chi connectivity index (χ1n) is 5.25. The van der Waals surface area contributed by atoms with E-state index in [-0.39, 0.29) is 4.90 Å². The van der Waals surface area contributed by atoms with E-state index >= 15 is 0 Å². The van der Waals surface area contributed by atoms with E-state index < -0.39 is 10.1 Å². The summed E-state index contributed by atoms with van der Waals surface area (Å²) in [5.41, 5.74) is 1.00. The summed E-state index contributed by atoms with van der Waals surface area (Å²) in [6.45, 7) is 1.90. The normalized spacial score (nSPS) is 11.2. The fourth-order valence-corrected chi connectivity index (χ4v) is 2.98. The Labute approximate surface area is 120 Å². The van der Waals surface area contributed by atoms with Gasteiger partial charge < -0.3 is 4.18 Å². The molecule has 5 heteroatoms. The van der Waals surface area contributed by atoms with Crippen LogP contribution >= 0.6 is 22.6 Å². The Morgan fingerprint density at radius 2 is 1.61 bits per heavy atom. The molecule has 0 saturated carbocycles. The zero-order chi connectivity index (χ0) is 13.2. The third kappa shape index (κ3) is 3.02. The first-order chi connectivity index (χ1) is 8.49. The summed E-state index contributed by atoms with van der Waals surface area (Å²) in [6, 6.07) is 13.6. The summed E-state index contributed by atoms with van der Waals surface area (Å²) < 4.78 is 30.0. The smallest absolute Gasteiger partial charge is 0.339 e. The van der Waals surface area contributed by atoms with Crippen molar-refractivity contribution in [2.45, 2.75) is 11.8 Å². The van der Waals surface area contributed by atoms with Crippen molar-refractivity contribution >= 4 is 32.7 Å². The summed E-state index contributed by atoms with van der Waals surface area (Å²) in [4.78, 5) is 0.160. The van der Waals surface area contributed by atoms with E-state index in [0.717, 1.165) is 9.13 Å². The van der Waals surface area contributed by atoms with Gasteiger partial charge in [0, 0.05) is 0 Å². The van der Waals surface area contributed by atoms with Crippen molar-refractivity contribution in [1.82, 2.24) is 0 Å². The molecule has 2 aromatic rings. The van der Waals surface area contributed by atoms with Gasteiger partial charge in [0.15, 0.2) is 5.75 Å². The van der Waals surface area contributed by atoms with Crippen LogP contribution in [0.4, 0.5) is 0 Å². The summed E-state index contributed by atoms with van der Waals surface area (Å²) in [5, 5.41) is 0. The predicted octanol–water partition coefficient (Wildman–Crippen LogP) is 3.37. The lowest BCUT2D eigenvalue weighted by atomic mass is 10.2. The van der Waals surface area contributed by atoms with Crippen molar-refractivity contribution in [2.75, 3.05) is 0 Å². The second-order valence-corrected chi connectivity index (χ2v) is 6.49. The maximum atomic E-state index is 12.0. The number of hydrogen-bond acceptors (Lipinski definition) is 3. The van der Waals surface area contributed by atoms with Gasteiger partial charge in [-0.25, -0.2) is 0 Å². The molecule has 0 unspecified atom stereocenters. The van der Waals surface area contributed by atoms with Gasteiger partial charge in [-0.3, -0.25) is 0 Å². The molecule has 2 aromatic carbocycles. The van der Waals surface area contributed by atoms with Crippen LogP contribution in [0, 0.1) is 10.5 Å². The molecule has 0 radical (unpaired) electrons. The Bertz CT molecular complexity index is 648. The van der Waals surface area contributed by atoms with Gasteiger partial charge in [-0.2, -0.15) is 8.42 Å². The molecule has 0 bridgehead atoms. The number of rotatable bonds is 3. The lowest BCUT2D eigenvalue weighted by Gasteiger charge is -2.08. The van der Waals surface area contributed by atoms with E-state index in [1.165, 1.54) is 0 Å². The van der Waals surface area contributed by atoms with Crippen LogP contribution in [-0.4, -0.2) is 8.42 Å². The monoisotopic (exact) mass is 374 g/mol. The fourth-order valence-electron chi connectivity index (χ4n) is 1.38. The lowest BCUT2D eigenvalue weighted by molar-refractivity contribution is 0.484. The molecular formula is C13H11IO3S. The van der Waals surface area contributed by atoms with E-state index in [9.17, 15) is 8.42 Å². The highest BCUT2D eigenvalue weighted by Crippen LogP contribution is 2.24. The second kappa shape index (κ2) is 5.27. The van der Waals surface area contributed by atoms with Crippen LogP contribution in [0.25, 0.3) is 0 Å². The first kappa shape index (κ1) is 13.4. The number of aryl methyl sites for hydroxylation is 1. The standard InChI is InChI=1S/C13H11IO3S/c1-10-6-8-11(9-7-10)18(15,16)17-13-5-3-2-4-12(13)14/h2-9H,1H3. The SMILES string of the molecule is Cc1ccc(S(=O)(=O)Oc2ccccc2I)cc1. The number of para-hydroxylation sites is 1. The summed E-state index contributed by atoms with van der Waals surface area (Å²) >= 11 is 2.04. The Morgan fingerprint density at radius 1 is 1.00 bits per heavy atom. The molecule has 0 atom stereocenters. The third-order valence-electron chi connectivity index (χ3n) is 2.35. The van der Waals surface area contributed by atoms with Crippen LogP contribution in [0.5, 0.6) is 5.75 Å². The highest BCUT2D eigenvalue weighted by atomic mass is 127. The Morgan fingerprint density at radius 3 is 2.22 bits per heavy atom. The van der Waals surface area contributed by atoms with Crippen molar-refractivity contribution in [3.63, 3.8) is 0 Å². The quantitative estimate of drug-likeness (QED) is 0.611. The average Bonchev–Trinajstić information content (AvgIpc) is 2.32. The predicted molar refractivity (Wildman–Crippen MR) is 78.2 cm³/mol. The van der Waals surface area contributed by atoms with Crippen LogP contribution in [0.15, 0.2) is 53.4 Å². The molecule has 0 fully saturated rings. The molecule has 0 N–H and O–H groups in total. The van der Waals surface area contributed by atoms with Crippen LogP contribution in [0.2, 0.25) is 0 Å². The topological polar surface area (TPSA) is 43.4 Å². The van der Waals surface area contributed by atoms with Crippen LogP contribution < -0.4 is 4.18 Å². The van der Waals surface area contributed by atoms with E-state index in [4.69, 9.17) is 4.18 Å². The largest absolute Gasteiger partial charge is 0.378 e. The highest BCUT2D eigenvalue weighted by molar-refractivity contribution is 14.1. The molecule has 0 aliphatic rings. The minimum Gasteiger partial charge on any atom is -0.378 e. The molecule has 0 spiro atoms. The molecule has 0 aliphatic carbocycles. The lowest BCUT2D eigenvalue weighted by Crippen LogP contribution is -2.10. The molecule has 0 aliphatic heterocycles. The summed E-state index contributed by atoms with van der Waals surface area (Å²) in [5.74, 6) is 0.346. The summed E-state index contributed by atoms with van der Waals surface area (Å²) in [7, 11) is -3.76. The fraction of sp³-hybridized carbons (Fsp3) is 0.0769. The van der Waals surface area contributed by atoms with E-state index in [1.807, 2.05) is 35.6 Å². The summed E-state index contributed by atoms with van der Waals surface area (Å²) in [6.07, 6.45) is 0. The molecule has 3 nitrogen and oxygen atoms in total. The zero-order valence-electron chi connectivity index (χ0n) is 9.63. The van der Waals surface area contributed by atoms with Crippen molar-refractivity contribution < 1.29 is 12.6 Å². The molecule has 94 valence electrons. The maximum absolute atomic E-state index is 12.0. The molecule has 0 heterocycles. The highest BCUT2D eigenvalue weighted by Gasteiger charge is 2.17. The van der Waals surface area contributed by atoms with Crippen molar-refractivity contribution in [3.05, 3.63) is 57.7 Å². The molecule has 0 saturated heterocycles. The minimum absolute atomic E-state index is 0.160. The average molecular weight is 374 g/mol. The number of halogens is 1. The van der Waals surface area contributed by atoms with Gasteiger partial charge in [0.25, 0.3) is 0 Å². The molecule has 0 aromatic heterocycles. The van der Waals surface area contributed by atoms with Crippen LogP contribution in [-0.2, 0) is 10.1 Å². The van der Waals surface area contributed by atoms with Crippen molar-refractivity contribution in [3.8, 4) is 5.75 Å². The van der Waals surface area contributed by atoms with E-state index in [1.54, 1.807) is 42.5 Å². The molecular weight excluding hydrogens is 363 g/mol. The van der Waals surface area contributed by atoms with Gasteiger partial charge in [0.1, 0.15) is 4.90 Å². The zero-order valence-corrected chi connectivity index (χ0v) is 12.6. The molecule has 0 amide bonds. The Balaban J connectivity index is 2.33. The third-order valence-corrected chi connectivity index (χ3v) is 4.49. The minimum atomic E-state index is -3.76. The van der Waals surface area contributed by atoms with Gasteiger partial charge in [-0.05, 0) is 53.8 Å². The van der Waals surface area contributed by atoms with Crippen molar-refractivity contribution in [1.29, 1.82) is 0 Å². The van der Waals surface area contributed by atoms with Gasteiger partial charge in [0.2, 0.25) is 0 Å². The van der Waals surface area contributed by atoms with Gasteiger partial charge in [-0.1, -0.05) is 29.8 Å². The van der Waals surface area contributed by atoms with Crippen LogP contribution in [0.1, 0.15) is 5.56 Å². The Hall–Kier alpha value is -1.08.